The van der Waals surface area contributed by atoms with E-state index in [0.29, 0.717) is 17.3 Å². The van der Waals surface area contributed by atoms with Gasteiger partial charge in [0, 0.05) is 19.1 Å². The first-order chi connectivity index (χ1) is 7.60. The second-order valence-corrected chi connectivity index (χ2v) is 7.12. The number of rotatable bonds is 2. The van der Waals surface area contributed by atoms with Crippen LogP contribution in [0.4, 0.5) is 0 Å². The van der Waals surface area contributed by atoms with Crippen molar-refractivity contribution in [1.29, 1.82) is 0 Å². The predicted octanol–water partition coefficient (Wildman–Crippen LogP) is 1.12. The second-order valence-electron chi connectivity index (χ2n) is 4.00. The maximum Gasteiger partial charge on any atom is 0.252 e. The monoisotopic (exact) mass is 260 g/mol. The quantitative estimate of drug-likeness (QED) is 0.867. The van der Waals surface area contributed by atoms with Crippen LogP contribution in [0.1, 0.15) is 13.3 Å². The van der Waals surface area contributed by atoms with Gasteiger partial charge < -0.3 is 5.32 Å². The molecule has 1 fully saturated rings. The van der Waals surface area contributed by atoms with Gasteiger partial charge in [-0.15, -0.1) is 11.3 Å². The molecule has 0 aliphatic carbocycles. The van der Waals surface area contributed by atoms with Gasteiger partial charge in [-0.2, -0.15) is 4.31 Å². The molecule has 0 amide bonds. The zero-order valence-corrected chi connectivity index (χ0v) is 10.9. The number of hydrogen-bond donors (Lipinski definition) is 1. The second kappa shape index (κ2) is 4.83. The number of thiophene rings is 1. The van der Waals surface area contributed by atoms with E-state index in [1.54, 1.807) is 21.8 Å². The molecule has 1 aliphatic rings. The average Bonchev–Trinajstić information content (AvgIpc) is 2.68. The van der Waals surface area contributed by atoms with E-state index in [9.17, 15) is 8.42 Å². The van der Waals surface area contributed by atoms with E-state index in [0.717, 1.165) is 13.0 Å². The van der Waals surface area contributed by atoms with Crippen molar-refractivity contribution in [3.05, 3.63) is 17.5 Å². The van der Waals surface area contributed by atoms with Gasteiger partial charge in [0.1, 0.15) is 4.21 Å². The lowest BCUT2D eigenvalue weighted by Crippen LogP contribution is -2.38. The van der Waals surface area contributed by atoms with Gasteiger partial charge in [0.2, 0.25) is 0 Å². The van der Waals surface area contributed by atoms with Crippen molar-refractivity contribution < 1.29 is 8.42 Å². The Morgan fingerprint density at radius 3 is 3.06 bits per heavy atom. The molecule has 0 radical (unpaired) electrons. The van der Waals surface area contributed by atoms with E-state index in [1.165, 1.54) is 11.3 Å². The highest BCUT2D eigenvalue weighted by atomic mass is 32.2. The Balaban J connectivity index is 2.23. The summed E-state index contributed by atoms with van der Waals surface area (Å²) in [7, 11) is -3.26. The smallest absolute Gasteiger partial charge is 0.252 e. The normalized spacial score (nSPS) is 24.2. The summed E-state index contributed by atoms with van der Waals surface area (Å²) in [4.78, 5) is 0. The third-order valence-electron chi connectivity index (χ3n) is 2.64. The lowest BCUT2D eigenvalue weighted by Gasteiger charge is -2.21. The minimum absolute atomic E-state index is 0.220. The lowest BCUT2D eigenvalue weighted by atomic mass is 10.3. The van der Waals surface area contributed by atoms with Crippen LogP contribution in [0.15, 0.2) is 21.7 Å². The summed E-state index contributed by atoms with van der Waals surface area (Å²) >= 11 is 1.28. The van der Waals surface area contributed by atoms with E-state index < -0.39 is 10.0 Å². The number of hydrogen-bond acceptors (Lipinski definition) is 4. The van der Waals surface area contributed by atoms with Crippen molar-refractivity contribution >= 4 is 21.4 Å². The molecule has 1 aromatic heterocycles. The fourth-order valence-corrected chi connectivity index (χ4v) is 4.53. The van der Waals surface area contributed by atoms with Gasteiger partial charge >= 0.3 is 0 Å². The van der Waals surface area contributed by atoms with Crippen molar-refractivity contribution in [1.82, 2.24) is 9.62 Å². The minimum Gasteiger partial charge on any atom is -0.313 e. The zero-order valence-electron chi connectivity index (χ0n) is 9.22. The minimum atomic E-state index is -3.26. The molecule has 2 heterocycles. The van der Waals surface area contributed by atoms with Crippen LogP contribution in [0.2, 0.25) is 0 Å². The first-order valence-corrected chi connectivity index (χ1v) is 7.70. The third kappa shape index (κ3) is 2.45. The topological polar surface area (TPSA) is 49.4 Å². The molecule has 0 saturated carbocycles. The molecule has 2 rings (SSSR count). The molecule has 16 heavy (non-hydrogen) atoms. The Labute approximate surface area is 100 Å². The highest BCUT2D eigenvalue weighted by molar-refractivity contribution is 7.91. The van der Waals surface area contributed by atoms with Gasteiger partial charge in [-0.05, 0) is 31.3 Å². The van der Waals surface area contributed by atoms with Crippen molar-refractivity contribution in [2.24, 2.45) is 0 Å². The Hall–Kier alpha value is -0.430. The van der Waals surface area contributed by atoms with E-state index in [1.807, 2.05) is 6.92 Å². The van der Waals surface area contributed by atoms with Gasteiger partial charge in [0.15, 0.2) is 0 Å². The fourth-order valence-electron chi connectivity index (χ4n) is 1.82. The average molecular weight is 260 g/mol. The van der Waals surface area contributed by atoms with Crippen LogP contribution in [0.25, 0.3) is 0 Å². The lowest BCUT2D eigenvalue weighted by molar-refractivity contribution is 0.404. The molecule has 0 aromatic carbocycles. The van der Waals surface area contributed by atoms with Gasteiger partial charge in [0.25, 0.3) is 10.0 Å². The zero-order chi connectivity index (χ0) is 11.6. The molecule has 1 unspecified atom stereocenters. The van der Waals surface area contributed by atoms with Crippen LogP contribution in [-0.4, -0.2) is 38.4 Å². The first-order valence-electron chi connectivity index (χ1n) is 5.38. The summed E-state index contributed by atoms with van der Waals surface area (Å²) in [5.74, 6) is 0. The van der Waals surface area contributed by atoms with E-state index >= 15 is 0 Å². The number of sulfonamides is 1. The molecular weight excluding hydrogens is 244 g/mol. The summed E-state index contributed by atoms with van der Waals surface area (Å²) < 4.78 is 26.5. The molecule has 90 valence electrons. The van der Waals surface area contributed by atoms with Crippen LogP contribution >= 0.6 is 11.3 Å². The Kier molecular flexibility index (Phi) is 3.63. The van der Waals surface area contributed by atoms with Crippen LogP contribution in [0.5, 0.6) is 0 Å². The van der Waals surface area contributed by atoms with Crippen molar-refractivity contribution in [3.63, 3.8) is 0 Å². The molecular formula is C10H16N2O2S2. The van der Waals surface area contributed by atoms with Crippen molar-refractivity contribution in [3.8, 4) is 0 Å². The molecule has 0 bridgehead atoms. The summed E-state index contributed by atoms with van der Waals surface area (Å²) in [6.07, 6.45) is 0.870. The summed E-state index contributed by atoms with van der Waals surface area (Å²) in [5.41, 5.74) is 0. The molecule has 4 nitrogen and oxygen atoms in total. The van der Waals surface area contributed by atoms with Gasteiger partial charge in [-0.3, -0.25) is 0 Å². The number of nitrogens with one attached hydrogen (secondary N) is 1. The van der Waals surface area contributed by atoms with E-state index in [-0.39, 0.29) is 6.04 Å². The molecule has 1 aromatic rings. The standard InChI is InChI=1S/C10H16N2O2S2/c1-9-8-12(6-3-5-11-9)16(13,14)10-4-2-7-15-10/h2,4,7,9,11H,3,5-6,8H2,1H3. The summed E-state index contributed by atoms with van der Waals surface area (Å²) in [6.45, 7) is 4.07. The Morgan fingerprint density at radius 2 is 2.38 bits per heavy atom. The van der Waals surface area contributed by atoms with Gasteiger partial charge in [-0.1, -0.05) is 6.07 Å². The number of nitrogens with zero attached hydrogens (tertiary/aromatic N) is 1. The molecule has 0 spiro atoms. The van der Waals surface area contributed by atoms with Gasteiger partial charge in [0.05, 0.1) is 0 Å². The third-order valence-corrected chi connectivity index (χ3v) is 5.88. The molecule has 1 saturated heterocycles. The van der Waals surface area contributed by atoms with Crippen LogP contribution in [0.3, 0.4) is 0 Å². The Morgan fingerprint density at radius 1 is 1.56 bits per heavy atom. The van der Waals surface area contributed by atoms with E-state index in [2.05, 4.69) is 5.32 Å². The first kappa shape index (κ1) is 12.0. The highest BCUT2D eigenvalue weighted by Crippen LogP contribution is 2.21. The molecule has 1 atom stereocenters. The maximum absolute atomic E-state index is 12.3. The van der Waals surface area contributed by atoms with Crippen LogP contribution < -0.4 is 5.32 Å². The molecule has 6 heteroatoms. The summed E-state index contributed by atoms with van der Waals surface area (Å²) in [6, 6.07) is 3.66. The molecule has 1 N–H and O–H groups in total. The van der Waals surface area contributed by atoms with Crippen LogP contribution in [0, 0.1) is 0 Å². The van der Waals surface area contributed by atoms with Gasteiger partial charge in [-0.25, -0.2) is 8.42 Å². The predicted molar refractivity (Wildman–Crippen MR) is 65.2 cm³/mol. The highest BCUT2D eigenvalue weighted by Gasteiger charge is 2.27. The van der Waals surface area contributed by atoms with Crippen molar-refractivity contribution in [2.45, 2.75) is 23.6 Å². The largest absolute Gasteiger partial charge is 0.313 e. The SMILES string of the molecule is CC1CN(S(=O)(=O)c2cccs2)CCCN1. The Bertz CT molecular complexity index is 428. The van der Waals surface area contributed by atoms with E-state index in [4.69, 9.17) is 0 Å². The fraction of sp³-hybridized carbons (Fsp3) is 0.600. The molecule has 1 aliphatic heterocycles. The maximum atomic E-state index is 12.3. The van der Waals surface area contributed by atoms with Crippen LogP contribution in [-0.2, 0) is 10.0 Å². The summed E-state index contributed by atoms with van der Waals surface area (Å²) in [5, 5.41) is 5.09. The van der Waals surface area contributed by atoms with Crippen molar-refractivity contribution in [2.75, 3.05) is 19.6 Å².